The third-order valence-corrected chi connectivity index (χ3v) is 4.42. The highest BCUT2D eigenvalue weighted by molar-refractivity contribution is 7.88. The Labute approximate surface area is 112 Å². The first kappa shape index (κ1) is 15.9. The fourth-order valence-electron chi connectivity index (χ4n) is 2.72. The summed E-state index contributed by atoms with van der Waals surface area (Å²) >= 11 is 0. The van der Waals surface area contributed by atoms with Crippen LogP contribution in [-0.2, 0) is 10.0 Å². The minimum Gasteiger partial charge on any atom is -0.314 e. The van der Waals surface area contributed by atoms with Crippen LogP contribution in [0.3, 0.4) is 0 Å². The van der Waals surface area contributed by atoms with Crippen molar-refractivity contribution in [2.75, 3.05) is 19.3 Å². The Morgan fingerprint density at radius 3 is 2.33 bits per heavy atom. The Hall–Kier alpha value is -0.130. The molecule has 0 amide bonds. The minimum absolute atomic E-state index is 0.539. The standard InChI is InChI=1S/C13H28N2O2S/c1-3-5-12-6-8-13(9-7-12)14-10-4-11-15-18(2,16)17/h12-15H,3-11H2,1-2H3. The summed E-state index contributed by atoms with van der Waals surface area (Å²) in [5.41, 5.74) is 0. The van der Waals surface area contributed by atoms with Gasteiger partial charge in [-0.25, -0.2) is 13.1 Å². The summed E-state index contributed by atoms with van der Waals surface area (Å²) in [5, 5.41) is 3.54. The lowest BCUT2D eigenvalue weighted by atomic mass is 9.83. The van der Waals surface area contributed by atoms with Crippen molar-refractivity contribution in [3.8, 4) is 0 Å². The van der Waals surface area contributed by atoms with Gasteiger partial charge in [0.2, 0.25) is 10.0 Å². The fourth-order valence-corrected chi connectivity index (χ4v) is 3.23. The summed E-state index contributed by atoms with van der Waals surface area (Å²) in [7, 11) is -3.02. The number of nitrogens with one attached hydrogen (secondary N) is 2. The quantitative estimate of drug-likeness (QED) is 0.665. The van der Waals surface area contributed by atoms with E-state index in [4.69, 9.17) is 0 Å². The van der Waals surface area contributed by atoms with E-state index < -0.39 is 10.0 Å². The first-order valence-electron chi connectivity index (χ1n) is 7.19. The summed E-state index contributed by atoms with van der Waals surface area (Å²) in [6.07, 6.45) is 10.0. The third-order valence-electron chi connectivity index (χ3n) is 3.69. The van der Waals surface area contributed by atoms with Crippen molar-refractivity contribution in [3.63, 3.8) is 0 Å². The number of rotatable bonds is 8. The lowest BCUT2D eigenvalue weighted by molar-refractivity contribution is 0.278. The van der Waals surface area contributed by atoms with Crippen molar-refractivity contribution >= 4 is 10.0 Å². The fraction of sp³-hybridized carbons (Fsp3) is 1.00. The highest BCUT2D eigenvalue weighted by Gasteiger charge is 2.19. The average Bonchev–Trinajstić information content (AvgIpc) is 2.30. The van der Waals surface area contributed by atoms with Crippen molar-refractivity contribution in [2.45, 2.75) is 57.9 Å². The van der Waals surface area contributed by atoms with Gasteiger partial charge in [0.05, 0.1) is 6.26 Å². The van der Waals surface area contributed by atoms with Gasteiger partial charge in [0.15, 0.2) is 0 Å². The van der Waals surface area contributed by atoms with Crippen LogP contribution in [0.1, 0.15) is 51.9 Å². The van der Waals surface area contributed by atoms with Gasteiger partial charge in [-0.05, 0) is 44.6 Å². The van der Waals surface area contributed by atoms with Gasteiger partial charge in [-0.2, -0.15) is 0 Å². The summed E-state index contributed by atoms with van der Waals surface area (Å²) in [6.45, 7) is 3.71. The van der Waals surface area contributed by atoms with Crippen LogP contribution in [0.25, 0.3) is 0 Å². The van der Waals surface area contributed by atoms with Crippen molar-refractivity contribution in [2.24, 2.45) is 5.92 Å². The summed E-state index contributed by atoms with van der Waals surface area (Å²) in [5.74, 6) is 0.944. The van der Waals surface area contributed by atoms with Crippen LogP contribution in [0.2, 0.25) is 0 Å². The van der Waals surface area contributed by atoms with Gasteiger partial charge in [0.1, 0.15) is 0 Å². The SMILES string of the molecule is CCCC1CCC(NCCCNS(C)(=O)=O)CC1. The van der Waals surface area contributed by atoms with Gasteiger partial charge in [-0.3, -0.25) is 0 Å². The first-order chi connectivity index (χ1) is 8.51. The maximum absolute atomic E-state index is 10.9. The van der Waals surface area contributed by atoms with E-state index in [1.54, 1.807) is 0 Å². The zero-order chi connectivity index (χ0) is 13.4. The maximum Gasteiger partial charge on any atom is 0.208 e. The van der Waals surface area contributed by atoms with E-state index in [-0.39, 0.29) is 0 Å². The molecule has 5 heteroatoms. The van der Waals surface area contributed by atoms with Crippen LogP contribution < -0.4 is 10.0 Å². The Kier molecular flexibility index (Phi) is 7.19. The van der Waals surface area contributed by atoms with Gasteiger partial charge in [-0.1, -0.05) is 19.8 Å². The minimum atomic E-state index is -3.02. The average molecular weight is 276 g/mol. The highest BCUT2D eigenvalue weighted by Crippen LogP contribution is 2.27. The van der Waals surface area contributed by atoms with Gasteiger partial charge >= 0.3 is 0 Å². The molecule has 1 aliphatic carbocycles. The third kappa shape index (κ3) is 7.34. The largest absolute Gasteiger partial charge is 0.314 e. The maximum atomic E-state index is 10.9. The predicted molar refractivity (Wildman–Crippen MR) is 76.1 cm³/mol. The van der Waals surface area contributed by atoms with Crippen molar-refractivity contribution < 1.29 is 8.42 Å². The van der Waals surface area contributed by atoms with E-state index in [1.807, 2.05) is 0 Å². The summed E-state index contributed by atoms with van der Waals surface area (Å²) in [6, 6.07) is 0.649. The molecule has 0 aliphatic heterocycles. The number of hydrogen-bond acceptors (Lipinski definition) is 3. The summed E-state index contributed by atoms with van der Waals surface area (Å²) < 4.78 is 24.2. The molecule has 0 aromatic heterocycles. The lowest BCUT2D eigenvalue weighted by Gasteiger charge is -2.29. The molecule has 108 valence electrons. The topological polar surface area (TPSA) is 58.2 Å². The van der Waals surface area contributed by atoms with E-state index >= 15 is 0 Å². The normalized spacial score (nSPS) is 25.2. The molecule has 0 atom stereocenters. The van der Waals surface area contributed by atoms with Crippen molar-refractivity contribution in [1.82, 2.24) is 10.0 Å². The molecule has 1 aliphatic rings. The molecule has 4 nitrogen and oxygen atoms in total. The smallest absolute Gasteiger partial charge is 0.208 e. The lowest BCUT2D eigenvalue weighted by Crippen LogP contribution is -2.35. The molecule has 1 rings (SSSR count). The van der Waals surface area contributed by atoms with Gasteiger partial charge < -0.3 is 5.32 Å². The van der Waals surface area contributed by atoms with Crippen LogP contribution in [-0.4, -0.2) is 33.8 Å². The van der Waals surface area contributed by atoms with E-state index in [1.165, 1.54) is 44.8 Å². The first-order valence-corrected chi connectivity index (χ1v) is 9.08. The molecule has 0 saturated heterocycles. The molecule has 18 heavy (non-hydrogen) atoms. The molecule has 0 radical (unpaired) electrons. The monoisotopic (exact) mass is 276 g/mol. The molecule has 1 saturated carbocycles. The molecular weight excluding hydrogens is 248 g/mol. The van der Waals surface area contributed by atoms with Crippen LogP contribution >= 0.6 is 0 Å². The highest BCUT2D eigenvalue weighted by atomic mass is 32.2. The Balaban J connectivity index is 2.01. The van der Waals surface area contributed by atoms with Crippen LogP contribution in [0.5, 0.6) is 0 Å². The Bertz CT molecular complexity index is 309. The van der Waals surface area contributed by atoms with Gasteiger partial charge in [0, 0.05) is 12.6 Å². The molecule has 0 unspecified atom stereocenters. The van der Waals surface area contributed by atoms with E-state index in [0.717, 1.165) is 18.9 Å². The second-order valence-electron chi connectivity index (χ2n) is 5.48. The number of hydrogen-bond donors (Lipinski definition) is 2. The van der Waals surface area contributed by atoms with E-state index in [9.17, 15) is 8.42 Å². The molecule has 0 aromatic carbocycles. The van der Waals surface area contributed by atoms with Crippen molar-refractivity contribution in [3.05, 3.63) is 0 Å². The van der Waals surface area contributed by atoms with E-state index in [2.05, 4.69) is 17.0 Å². The number of sulfonamides is 1. The van der Waals surface area contributed by atoms with Crippen molar-refractivity contribution in [1.29, 1.82) is 0 Å². The predicted octanol–water partition coefficient (Wildman–Crippen LogP) is 1.87. The second-order valence-corrected chi connectivity index (χ2v) is 7.31. The molecular formula is C13H28N2O2S. The molecule has 0 spiro atoms. The Morgan fingerprint density at radius 1 is 1.11 bits per heavy atom. The zero-order valence-electron chi connectivity index (χ0n) is 11.7. The van der Waals surface area contributed by atoms with Gasteiger partial charge in [-0.15, -0.1) is 0 Å². The molecule has 2 N–H and O–H groups in total. The molecule has 1 fully saturated rings. The molecule has 0 bridgehead atoms. The zero-order valence-corrected chi connectivity index (χ0v) is 12.6. The summed E-state index contributed by atoms with van der Waals surface area (Å²) in [4.78, 5) is 0. The molecule has 0 heterocycles. The van der Waals surface area contributed by atoms with Crippen LogP contribution in [0.4, 0.5) is 0 Å². The second kappa shape index (κ2) is 8.12. The van der Waals surface area contributed by atoms with E-state index in [0.29, 0.717) is 12.6 Å². The van der Waals surface area contributed by atoms with Crippen LogP contribution in [0.15, 0.2) is 0 Å². The molecule has 0 aromatic rings. The van der Waals surface area contributed by atoms with Gasteiger partial charge in [0.25, 0.3) is 0 Å². The Morgan fingerprint density at radius 2 is 1.78 bits per heavy atom. The van der Waals surface area contributed by atoms with Crippen LogP contribution in [0, 0.1) is 5.92 Å².